The molecule has 0 aromatic carbocycles. The Labute approximate surface area is 205 Å². The van der Waals surface area contributed by atoms with Gasteiger partial charge in [0, 0.05) is 41.6 Å². The molecule has 7 rings (SSSR count). The van der Waals surface area contributed by atoms with Crippen molar-refractivity contribution in [2.45, 2.75) is 19.4 Å². The molecule has 6 aromatic rings. The number of nitrogens with zero attached hydrogens (tertiary/aromatic N) is 6. The van der Waals surface area contributed by atoms with Crippen LogP contribution in [0.5, 0.6) is 0 Å². The van der Waals surface area contributed by atoms with Gasteiger partial charge in [-0.15, -0.1) is 0 Å². The molecule has 9 heteroatoms. The van der Waals surface area contributed by atoms with E-state index >= 15 is 0 Å². The molecular weight excluding hydrogens is 456 g/mol. The normalized spacial score (nSPS) is 14.4. The van der Waals surface area contributed by atoms with E-state index in [2.05, 4.69) is 64.0 Å². The minimum atomic E-state index is 0.674. The van der Waals surface area contributed by atoms with E-state index in [9.17, 15) is 0 Å². The number of H-pyrrole nitrogens is 2. The first-order valence-electron chi connectivity index (χ1n) is 11.7. The fourth-order valence-electron chi connectivity index (χ4n) is 4.85. The Kier molecular flexibility index (Phi) is 4.88. The molecule has 35 heavy (non-hydrogen) atoms. The molecule has 8 nitrogen and oxygen atoms in total. The first-order valence-corrected chi connectivity index (χ1v) is 12.6. The highest BCUT2D eigenvalue weighted by Gasteiger charge is 2.17. The summed E-state index contributed by atoms with van der Waals surface area (Å²) in [7, 11) is 0. The Bertz CT molecular complexity index is 1640. The molecule has 0 unspecified atom stereocenters. The van der Waals surface area contributed by atoms with Crippen molar-refractivity contribution in [1.82, 2.24) is 40.0 Å². The predicted octanol–water partition coefficient (Wildman–Crippen LogP) is 5.28. The molecule has 0 amide bonds. The largest absolute Gasteiger partial charge is 0.335 e. The van der Waals surface area contributed by atoms with Gasteiger partial charge >= 0.3 is 0 Å². The van der Waals surface area contributed by atoms with Crippen LogP contribution in [0.4, 0.5) is 0 Å². The van der Waals surface area contributed by atoms with Gasteiger partial charge in [-0.2, -0.15) is 16.4 Å². The Morgan fingerprint density at radius 2 is 1.94 bits per heavy atom. The van der Waals surface area contributed by atoms with Gasteiger partial charge in [-0.25, -0.2) is 9.97 Å². The van der Waals surface area contributed by atoms with Crippen LogP contribution in [0.1, 0.15) is 18.4 Å². The monoisotopic (exact) mass is 478 g/mol. The molecule has 0 radical (unpaired) electrons. The van der Waals surface area contributed by atoms with E-state index in [1.54, 1.807) is 17.5 Å². The SMILES string of the molecule is c1cc(-c2ccsc2)c2[nH]c(-c3n[nH]c4cnc(-c5cncc(CN6CCCC6)c5)cc34)nc2n1. The van der Waals surface area contributed by atoms with E-state index in [0.29, 0.717) is 11.5 Å². The van der Waals surface area contributed by atoms with Crippen molar-refractivity contribution >= 4 is 33.4 Å². The number of pyridine rings is 3. The molecule has 0 atom stereocenters. The maximum Gasteiger partial charge on any atom is 0.178 e. The van der Waals surface area contributed by atoms with E-state index < -0.39 is 0 Å². The van der Waals surface area contributed by atoms with Crippen LogP contribution in [0.25, 0.3) is 56.0 Å². The van der Waals surface area contributed by atoms with Crippen LogP contribution in [0.15, 0.2) is 59.8 Å². The lowest BCUT2D eigenvalue weighted by molar-refractivity contribution is 0.331. The fourth-order valence-corrected chi connectivity index (χ4v) is 5.51. The lowest BCUT2D eigenvalue weighted by Gasteiger charge is -2.14. The number of aromatic amines is 2. The highest BCUT2D eigenvalue weighted by molar-refractivity contribution is 7.08. The van der Waals surface area contributed by atoms with E-state index in [1.165, 1.54) is 18.4 Å². The zero-order valence-electron chi connectivity index (χ0n) is 18.9. The highest BCUT2D eigenvalue weighted by atomic mass is 32.1. The third-order valence-corrected chi connectivity index (χ3v) is 7.27. The van der Waals surface area contributed by atoms with Crippen molar-refractivity contribution in [1.29, 1.82) is 0 Å². The summed E-state index contributed by atoms with van der Waals surface area (Å²) >= 11 is 1.67. The summed E-state index contributed by atoms with van der Waals surface area (Å²) < 4.78 is 0. The van der Waals surface area contributed by atoms with Crippen LogP contribution in [0.2, 0.25) is 0 Å². The zero-order valence-corrected chi connectivity index (χ0v) is 19.7. The Balaban J connectivity index is 1.28. The summed E-state index contributed by atoms with van der Waals surface area (Å²) in [6.07, 6.45) is 10.0. The van der Waals surface area contributed by atoms with E-state index in [-0.39, 0.29) is 0 Å². The fraction of sp³-hybridized carbons (Fsp3) is 0.192. The minimum Gasteiger partial charge on any atom is -0.335 e. The van der Waals surface area contributed by atoms with Crippen LogP contribution in [0.3, 0.4) is 0 Å². The maximum absolute atomic E-state index is 4.77. The second-order valence-corrected chi connectivity index (χ2v) is 9.69. The average Bonchev–Trinajstić information content (AvgIpc) is 3.70. The molecule has 1 fully saturated rings. The Morgan fingerprint density at radius 1 is 1.00 bits per heavy atom. The van der Waals surface area contributed by atoms with Crippen LogP contribution in [0, 0.1) is 0 Å². The van der Waals surface area contributed by atoms with Crippen molar-refractivity contribution < 1.29 is 0 Å². The summed E-state index contributed by atoms with van der Waals surface area (Å²) in [5.41, 5.74) is 8.50. The molecule has 1 aliphatic rings. The van der Waals surface area contributed by atoms with Gasteiger partial charge in [-0.05, 0) is 72.1 Å². The van der Waals surface area contributed by atoms with E-state index in [0.717, 1.165) is 64.1 Å². The van der Waals surface area contributed by atoms with Crippen LogP contribution < -0.4 is 0 Å². The number of likely N-dealkylation sites (tertiary alicyclic amines) is 1. The lowest BCUT2D eigenvalue weighted by atomic mass is 10.1. The molecule has 6 aromatic heterocycles. The van der Waals surface area contributed by atoms with Gasteiger partial charge in [0.25, 0.3) is 0 Å². The molecule has 0 aliphatic carbocycles. The third kappa shape index (κ3) is 3.69. The summed E-state index contributed by atoms with van der Waals surface area (Å²) in [5, 5.41) is 12.8. The first-order chi connectivity index (χ1) is 17.3. The van der Waals surface area contributed by atoms with Crippen molar-refractivity contribution in [3.63, 3.8) is 0 Å². The number of thiophene rings is 1. The minimum absolute atomic E-state index is 0.674. The van der Waals surface area contributed by atoms with Crippen molar-refractivity contribution in [2.75, 3.05) is 13.1 Å². The lowest BCUT2D eigenvalue weighted by Crippen LogP contribution is -2.18. The van der Waals surface area contributed by atoms with Crippen LogP contribution in [-0.4, -0.2) is 53.1 Å². The number of fused-ring (bicyclic) bond motifs is 2. The van der Waals surface area contributed by atoms with Crippen LogP contribution >= 0.6 is 11.3 Å². The zero-order chi connectivity index (χ0) is 23.2. The summed E-state index contributed by atoms with van der Waals surface area (Å²) in [5.74, 6) is 0.680. The summed E-state index contributed by atoms with van der Waals surface area (Å²) in [6.45, 7) is 3.25. The molecule has 0 bridgehead atoms. The number of rotatable bonds is 5. The molecule has 1 saturated heterocycles. The standard InChI is InChI=1S/C26H22N8S/c1-2-7-34(6-1)14-16-9-18(12-27-11-16)21-10-20-22(13-29-21)32-33-24(20)26-30-23-19(17-4-8-35-15-17)3-5-28-25(23)31-26/h3-5,8-13,15H,1-2,6-7,14H2,(H,32,33)(H,28,30,31). The Morgan fingerprint density at radius 3 is 2.83 bits per heavy atom. The number of imidazole rings is 1. The summed E-state index contributed by atoms with van der Waals surface area (Å²) in [6, 6.07) is 8.37. The van der Waals surface area contributed by atoms with Gasteiger partial charge in [0.15, 0.2) is 11.5 Å². The number of hydrogen-bond donors (Lipinski definition) is 2. The highest BCUT2D eigenvalue weighted by Crippen LogP contribution is 2.32. The molecule has 1 aliphatic heterocycles. The van der Waals surface area contributed by atoms with Crippen molar-refractivity contribution in [2.24, 2.45) is 0 Å². The van der Waals surface area contributed by atoms with Gasteiger partial charge in [0.2, 0.25) is 0 Å². The number of nitrogens with one attached hydrogen (secondary N) is 2. The molecule has 172 valence electrons. The number of aromatic nitrogens is 7. The van der Waals surface area contributed by atoms with E-state index in [4.69, 9.17) is 4.98 Å². The second kappa shape index (κ2) is 8.37. The Hall–Kier alpha value is -3.95. The number of hydrogen-bond acceptors (Lipinski definition) is 7. The van der Waals surface area contributed by atoms with Crippen molar-refractivity contribution in [3.05, 3.63) is 65.4 Å². The van der Waals surface area contributed by atoms with Crippen LogP contribution in [-0.2, 0) is 6.54 Å². The molecule has 2 N–H and O–H groups in total. The third-order valence-electron chi connectivity index (χ3n) is 6.59. The predicted molar refractivity (Wildman–Crippen MR) is 138 cm³/mol. The second-order valence-electron chi connectivity index (χ2n) is 8.91. The van der Waals surface area contributed by atoms with Gasteiger partial charge in [0.05, 0.1) is 22.9 Å². The maximum atomic E-state index is 4.77. The van der Waals surface area contributed by atoms with E-state index in [1.807, 2.05) is 24.7 Å². The smallest absolute Gasteiger partial charge is 0.178 e. The first kappa shape index (κ1) is 20.4. The van der Waals surface area contributed by atoms with Gasteiger partial charge < -0.3 is 4.98 Å². The molecule has 7 heterocycles. The topological polar surface area (TPSA) is 99.3 Å². The van der Waals surface area contributed by atoms with Gasteiger partial charge in [-0.1, -0.05) is 0 Å². The molecule has 0 spiro atoms. The summed E-state index contributed by atoms with van der Waals surface area (Å²) in [4.78, 5) is 24.4. The van der Waals surface area contributed by atoms with Gasteiger partial charge in [-0.3, -0.25) is 20.0 Å². The quantitative estimate of drug-likeness (QED) is 0.350. The molecule has 0 saturated carbocycles. The van der Waals surface area contributed by atoms with Crippen molar-refractivity contribution in [3.8, 4) is 33.9 Å². The molecular formula is C26H22N8S. The van der Waals surface area contributed by atoms with Gasteiger partial charge in [0.1, 0.15) is 5.69 Å². The average molecular weight is 479 g/mol.